The summed E-state index contributed by atoms with van der Waals surface area (Å²) in [6.07, 6.45) is 7.62. The summed E-state index contributed by atoms with van der Waals surface area (Å²) >= 11 is 1.37. The first-order chi connectivity index (χ1) is 17.0. The Labute approximate surface area is 204 Å². The maximum Gasteiger partial charge on any atom is 0.261 e. The summed E-state index contributed by atoms with van der Waals surface area (Å²) in [4.78, 5) is 42.6. The van der Waals surface area contributed by atoms with E-state index in [0.717, 1.165) is 43.0 Å². The lowest BCUT2D eigenvalue weighted by Gasteiger charge is -2.10. The van der Waals surface area contributed by atoms with Crippen LogP contribution in [0.25, 0.3) is 22.3 Å². The lowest BCUT2D eigenvalue weighted by molar-refractivity contribution is -0.124. The van der Waals surface area contributed by atoms with Gasteiger partial charge in [0.25, 0.3) is 11.8 Å². The van der Waals surface area contributed by atoms with Gasteiger partial charge in [0.1, 0.15) is 5.82 Å². The Balaban J connectivity index is 1.31. The summed E-state index contributed by atoms with van der Waals surface area (Å²) in [5.74, 6) is -0.0344. The van der Waals surface area contributed by atoms with E-state index in [4.69, 9.17) is 9.72 Å². The average Bonchev–Trinajstić information content (AvgIpc) is 3.28. The van der Waals surface area contributed by atoms with E-state index in [9.17, 15) is 14.4 Å². The molecule has 1 aliphatic carbocycles. The van der Waals surface area contributed by atoms with Crippen molar-refractivity contribution >= 4 is 46.6 Å². The van der Waals surface area contributed by atoms with Crippen LogP contribution >= 0.6 is 11.3 Å². The van der Waals surface area contributed by atoms with E-state index in [1.165, 1.54) is 11.3 Å². The molecule has 3 N–H and O–H groups in total. The van der Waals surface area contributed by atoms with Crippen molar-refractivity contribution in [1.29, 1.82) is 0 Å². The lowest BCUT2D eigenvalue weighted by Crippen LogP contribution is -2.31. The molecule has 3 aromatic rings. The van der Waals surface area contributed by atoms with Gasteiger partial charge in [0.2, 0.25) is 5.91 Å². The Morgan fingerprint density at radius 2 is 2.17 bits per heavy atom. The normalized spacial score (nSPS) is 21.1. The smallest absolute Gasteiger partial charge is 0.261 e. The molecule has 11 heteroatoms. The maximum atomic E-state index is 12.7. The van der Waals surface area contributed by atoms with E-state index >= 15 is 0 Å². The van der Waals surface area contributed by atoms with Crippen molar-refractivity contribution in [2.75, 3.05) is 18.5 Å². The highest BCUT2D eigenvalue weighted by Gasteiger charge is 2.26. The number of aromatic nitrogens is 3. The fourth-order valence-electron chi connectivity index (χ4n) is 4.25. The number of carbonyl (C=O) groups excluding carboxylic acids is 3. The molecule has 3 fully saturated rings. The van der Waals surface area contributed by atoms with Crippen molar-refractivity contribution in [2.45, 2.75) is 44.2 Å². The van der Waals surface area contributed by atoms with E-state index in [0.29, 0.717) is 39.9 Å². The van der Waals surface area contributed by atoms with Gasteiger partial charge in [0.05, 0.1) is 34.2 Å². The van der Waals surface area contributed by atoms with Gasteiger partial charge in [-0.25, -0.2) is 4.98 Å². The van der Waals surface area contributed by atoms with Gasteiger partial charge in [-0.1, -0.05) is 0 Å². The third-order valence-electron chi connectivity index (χ3n) is 6.25. The number of nitrogens with zero attached hydrogens (tertiary/aromatic N) is 3. The number of hydrogen-bond donors (Lipinski definition) is 3. The van der Waals surface area contributed by atoms with E-state index in [2.05, 4.69) is 21.0 Å². The minimum absolute atomic E-state index is 0.0400. The summed E-state index contributed by atoms with van der Waals surface area (Å²) < 4.78 is 7.30. The number of rotatable bonds is 7. The second kappa shape index (κ2) is 8.90. The molecule has 10 nitrogen and oxygen atoms in total. The molecule has 0 aromatic carbocycles. The van der Waals surface area contributed by atoms with Crippen molar-refractivity contribution in [3.05, 3.63) is 40.4 Å². The van der Waals surface area contributed by atoms with Gasteiger partial charge in [-0.3, -0.25) is 19.7 Å². The number of hydrogen-bond acceptors (Lipinski definition) is 8. The van der Waals surface area contributed by atoms with Gasteiger partial charge in [-0.15, -0.1) is 11.3 Å². The Morgan fingerprint density at radius 1 is 1.29 bits per heavy atom. The molecule has 1 atom stereocenters. The second-order valence-corrected chi connectivity index (χ2v) is 10.1. The highest BCUT2D eigenvalue weighted by molar-refractivity contribution is 7.17. The lowest BCUT2D eigenvalue weighted by atomic mass is 10.1. The summed E-state index contributed by atoms with van der Waals surface area (Å²) in [6.45, 7) is 1.26. The van der Waals surface area contributed by atoms with E-state index in [1.807, 2.05) is 12.1 Å². The highest BCUT2D eigenvalue weighted by Crippen LogP contribution is 2.32. The minimum atomic E-state index is -0.390. The quantitative estimate of drug-likeness (QED) is 0.341. The maximum absolute atomic E-state index is 12.7. The molecule has 2 aliphatic heterocycles. The van der Waals surface area contributed by atoms with Crippen molar-refractivity contribution in [3.63, 3.8) is 0 Å². The highest BCUT2D eigenvalue weighted by atomic mass is 32.1. The number of carbonyl (C=O) groups is 3. The molecule has 3 aromatic heterocycles. The number of anilines is 1. The van der Waals surface area contributed by atoms with Crippen LogP contribution in [0.3, 0.4) is 0 Å². The summed E-state index contributed by atoms with van der Waals surface area (Å²) in [7, 11) is 0. The van der Waals surface area contributed by atoms with Gasteiger partial charge in [-0.2, -0.15) is 9.61 Å². The van der Waals surface area contributed by atoms with Crippen molar-refractivity contribution in [1.82, 2.24) is 25.2 Å². The van der Waals surface area contributed by atoms with Gasteiger partial charge in [-0.05, 0) is 43.9 Å². The van der Waals surface area contributed by atoms with Crippen LogP contribution in [-0.2, 0) is 14.3 Å². The van der Waals surface area contributed by atoms with Crippen LogP contribution in [0, 0.1) is 0 Å². The minimum Gasteiger partial charge on any atom is -0.376 e. The molecule has 1 saturated carbocycles. The zero-order valence-electron chi connectivity index (χ0n) is 18.9. The van der Waals surface area contributed by atoms with E-state index < -0.39 is 5.91 Å². The van der Waals surface area contributed by atoms with Crippen molar-refractivity contribution in [3.8, 4) is 10.6 Å². The largest absolute Gasteiger partial charge is 0.376 e. The van der Waals surface area contributed by atoms with Crippen LogP contribution in [0.2, 0.25) is 0 Å². The second-order valence-electron chi connectivity index (χ2n) is 9.01. The fourth-order valence-corrected chi connectivity index (χ4v) is 5.14. The zero-order chi connectivity index (χ0) is 23.9. The number of fused-ring (bicyclic) bond motifs is 1. The average molecular weight is 493 g/mol. The van der Waals surface area contributed by atoms with Gasteiger partial charge < -0.3 is 15.4 Å². The molecule has 35 heavy (non-hydrogen) atoms. The number of amides is 3. The van der Waals surface area contributed by atoms with Crippen LogP contribution in [0.5, 0.6) is 0 Å². The van der Waals surface area contributed by atoms with Crippen LogP contribution in [-0.4, -0.2) is 57.6 Å². The third-order valence-corrected chi connectivity index (χ3v) is 7.36. The number of nitrogens with one attached hydrogen (secondary N) is 3. The Bertz CT molecular complexity index is 1370. The first kappa shape index (κ1) is 21.9. The molecule has 0 spiro atoms. The molecule has 2 saturated heterocycles. The van der Waals surface area contributed by atoms with Crippen LogP contribution in [0.1, 0.15) is 47.3 Å². The molecule has 1 unspecified atom stereocenters. The monoisotopic (exact) mass is 492 g/mol. The molecule has 3 aliphatic rings. The number of ether oxygens (including phenoxy) is 1. The number of imide groups is 1. The molecule has 0 bridgehead atoms. The molecule has 0 radical (unpaired) electrons. The standard InChI is InChI=1S/C24H24N6O4S/c31-21-9-13(23(32)29-21)8-14-11-26-30-20(27-15-3-4-15)10-17(28-22(14)30)18-5-6-19(35-18)24(33)25-12-16-2-1-7-34-16/h5-6,8,10-11,15-16,27H,1-4,7,9,12H2,(H,25,33)(H,29,31,32)/b13-8+. The third kappa shape index (κ3) is 4.56. The molecular formula is C24H24N6O4S. The topological polar surface area (TPSA) is 127 Å². The fraction of sp³-hybridized carbons (Fsp3) is 0.375. The van der Waals surface area contributed by atoms with E-state index in [-0.39, 0.29) is 24.3 Å². The number of thiophene rings is 1. The van der Waals surface area contributed by atoms with Crippen LogP contribution in [0.4, 0.5) is 5.82 Å². The Morgan fingerprint density at radius 3 is 2.91 bits per heavy atom. The van der Waals surface area contributed by atoms with Gasteiger partial charge in [0, 0.05) is 36.4 Å². The first-order valence-corrected chi connectivity index (χ1v) is 12.6. The predicted molar refractivity (Wildman–Crippen MR) is 130 cm³/mol. The predicted octanol–water partition coefficient (Wildman–Crippen LogP) is 2.37. The van der Waals surface area contributed by atoms with E-state index in [1.54, 1.807) is 22.9 Å². The summed E-state index contributed by atoms with van der Waals surface area (Å²) in [5.41, 5.74) is 2.31. The summed E-state index contributed by atoms with van der Waals surface area (Å²) in [6, 6.07) is 6.02. The Hall–Kier alpha value is -3.57. The SMILES string of the molecule is O=C1C/C(=C\c2cnn3c(NC4CC4)cc(-c4ccc(C(=O)NCC5CCCO5)s4)nc23)C(=O)N1. The molecule has 5 heterocycles. The first-order valence-electron chi connectivity index (χ1n) is 11.7. The van der Waals surface area contributed by atoms with Crippen molar-refractivity contribution in [2.24, 2.45) is 0 Å². The van der Waals surface area contributed by atoms with Gasteiger partial charge >= 0.3 is 0 Å². The van der Waals surface area contributed by atoms with Crippen LogP contribution < -0.4 is 16.0 Å². The van der Waals surface area contributed by atoms with Crippen LogP contribution in [0.15, 0.2) is 30.0 Å². The summed E-state index contributed by atoms with van der Waals surface area (Å²) in [5, 5.41) is 13.2. The van der Waals surface area contributed by atoms with Crippen molar-refractivity contribution < 1.29 is 19.1 Å². The van der Waals surface area contributed by atoms with Gasteiger partial charge in [0.15, 0.2) is 5.65 Å². The Kier molecular flexibility index (Phi) is 5.57. The molecule has 3 amide bonds. The molecule has 6 rings (SSSR count). The molecular weight excluding hydrogens is 468 g/mol. The zero-order valence-corrected chi connectivity index (χ0v) is 19.7. The molecule has 180 valence electrons.